The van der Waals surface area contributed by atoms with Crippen LogP contribution in [0, 0.1) is 13.8 Å². The topological polar surface area (TPSA) is 65.5 Å². The molecule has 2 rings (SSSR count). The molecular weight excluding hydrogens is 352 g/mol. The smallest absolute Gasteiger partial charge is 0.239 e. The number of pyridine rings is 1. The zero-order valence-corrected chi connectivity index (χ0v) is 17.2. The molecule has 0 atom stereocenters. The van der Waals surface area contributed by atoms with Crippen molar-refractivity contribution in [1.82, 2.24) is 14.8 Å². The number of amides is 2. The molecule has 6 nitrogen and oxygen atoms in total. The van der Waals surface area contributed by atoms with Gasteiger partial charge < -0.3 is 10.2 Å². The Kier molecular flexibility index (Phi) is 8.14. The number of anilines is 1. The molecule has 0 aliphatic rings. The van der Waals surface area contributed by atoms with E-state index in [-0.39, 0.29) is 24.9 Å². The lowest BCUT2D eigenvalue weighted by Gasteiger charge is -2.25. The predicted octanol–water partition coefficient (Wildman–Crippen LogP) is 3.01. The first kappa shape index (κ1) is 21.6. The molecule has 0 spiro atoms. The number of carbonyl (C=O) groups is 2. The normalized spacial score (nSPS) is 10.8. The van der Waals surface area contributed by atoms with Crippen molar-refractivity contribution in [1.29, 1.82) is 0 Å². The number of aryl methyl sites for hydroxylation is 2. The Morgan fingerprint density at radius 2 is 1.75 bits per heavy atom. The second kappa shape index (κ2) is 10.6. The maximum Gasteiger partial charge on any atom is 0.239 e. The van der Waals surface area contributed by atoms with E-state index in [0.29, 0.717) is 18.9 Å². The number of likely N-dealkylation sites (N-methyl/N-ethyl adjacent to an activating group) is 1. The first-order valence-corrected chi connectivity index (χ1v) is 9.61. The van der Waals surface area contributed by atoms with Crippen LogP contribution in [0.15, 0.2) is 42.6 Å². The second-order valence-corrected chi connectivity index (χ2v) is 7.24. The summed E-state index contributed by atoms with van der Waals surface area (Å²) < 4.78 is 0. The first-order chi connectivity index (χ1) is 13.4. The quantitative estimate of drug-likeness (QED) is 0.724. The van der Waals surface area contributed by atoms with Crippen molar-refractivity contribution in [3.05, 3.63) is 59.3 Å². The van der Waals surface area contributed by atoms with Gasteiger partial charge in [0, 0.05) is 19.3 Å². The number of hydrogen-bond donors (Lipinski definition) is 1. The maximum absolute atomic E-state index is 12.7. The SMILES string of the molecule is CCCN(Cc1ccc(C)cc1)C(=O)CN(C)CC(=O)Nc1cc(C)ccn1. The number of nitrogens with zero attached hydrogens (tertiary/aromatic N) is 3. The molecule has 1 aromatic carbocycles. The van der Waals surface area contributed by atoms with Crippen LogP contribution in [0.3, 0.4) is 0 Å². The Balaban J connectivity index is 1.88. The fraction of sp³-hybridized carbons (Fsp3) is 0.409. The summed E-state index contributed by atoms with van der Waals surface area (Å²) in [5.41, 5.74) is 3.34. The minimum atomic E-state index is -0.186. The third kappa shape index (κ3) is 7.12. The fourth-order valence-corrected chi connectivity index (χ4v) is 2.89. The van der Waals surface area contributed by atoms with Crippen molar-refractivity contribution in [2.75, 3.05) is 32.0 Å². The molecule has 0 saturated heterocycles. The largest absolute Gasteiger partial charge is 0.337 e. The van der Waals surface area contributed by atoms with E-state index in [1.807, 2.05) is 30.9 Å². The van der Waals surface area contributed by atoms with Crippen molar-refractivity contribution in [2.24, 2.45) is 0 Å². The molecule has 0 bridgehead atoms. The number of rotatable bonds is 9. The highest BCUT2D eigenvalue weighted by molar-refractivity contribution is 5.91. The van der Waals surface area contributed by atoms with Crippen molar-refractivity contribution in [2.45, 2.75) is 33.7 Å². The zero-order chi connectivity index (χ0) is 20.5. The van der Waals surface area contributed by atoms with E-state index in [9.17, 15) is 9.59 Å². The zero-order valence-electron chi connectivity index (χ0n) is 17.2. The molecule has 0 fully saturated rings. The summed E-state index contributed by atoms with van der Waals surface area (Å²) in [5.74, 6) is 0.358. The van der Waals surface area contributed by atoms with Gasteiger partial charge in [0.2, 0.25) is 11.8 Å². The Hall–Kier alpha value is -2.73. The predicted molar refractivity (Wildman–Crippen MR) is 112 cm³/mol. The summed E-state index contributed by atoms with van der Waals surface area (Å²) >= 11 is 0. The molecular formula is C22H30N4O2. The van der Waals surface area contributed by atoms with Crippen LogP contribution in [0.2, 0.25) is 0 Å². The van der Waals surface area contributed by atoms with Gasteiger partial charge in [0.1, 0.15) is 5.82 Å². The van der Waals surface area contributed by atoms with Crippen LogP contribution in [0.5, 0.6) is 0 Å². The van der Waals surface area contributed by atoms with E-state index >= 15 is 0 Å². The summed E-state index contributed by atoms with van der Waals surface area (Å²) in [7, 11) is 1.77. The molecule has 1 heterocycles. The lowest BCUT2D eigenvalue weighted by atomic mass is 10.1. The van der Waals surface area contributed by atoms with Crippen molar-refractivity contribution >= 4 is 17.6 Å². The molecule has 1 N–H and O–H groups in total. The molecule has 0 radical (unpaired) electrons. The highest BCUT2D eigenvalue weighted by Crippen LogP contribution is 2.09. The number of aromatic nitrogens is 1. The van der Waals surface area contributed by atoms with Crippen molar-refractivity contribution < 1.29 is 9.59 Å². The Bertz CT molecular complexity index is 789. The molecule has 2 aromatic rings. The van der Waals surface area contributed by atoms with Gasteiger partial charge in [-0.1, -0.05) is 36.8 Å². The number of hydrogen-bond acceptors (Lipinski definition) is 4. The Morgan fingerprint density at radius 1 is 1.04 bits per heavy atom. The third-order valence-corrected chi connectivity index (χ3v) is 4.34. The Morgan fingerprint density at radius 3 is 2.39 bits per heavy atom. The van der Waals surface area contributed by atoms with Crippen LogP contribution < -0.4 is 5.32 Å². The molecule has 28 heavy (non-hydrogen) atoms. The second-order valence-electron chi connectivity index (χ2n) is 7.24. The summed E-state index contributed by atoms with van der Waals surface area (Å²) in [4.78, 5) is 32.7. The maximum atomic E-state index is 12.7. The molecule has 6 heteroatoms. The molecule has 2 amide bonds. The van der Waals surface area contributed by atoms with Crippen LogP contribution >= 0.6 is 0 Å². The van der Waals surface area contributed by atoms with E-state index in [1.165, 1.54) is 5.56 Å². The van der Waals surface area contributed by atoms with Gasteiger partial charge >= 0.3 is 0 Å². The van der Waals surface area contributed by atoms with Gasteiger partial charge in [-0.2, -0.15) is 0 Å². The van der Waals surface area contributed by atoms with Gasteiger partial charge in [0.05, 0.1) is 13.1 Å². The standard InChI is InChI=1S/C22H30N4O2/c1-5-12-26(14-19-8-6-17(2)7-9-19)22(28)16-25(4)15-21(27)24-20-13-18(3)10-11-23-20/h6-11,13H,5,12,14-16H2,1-4H3,(H,23,24,27). The minimum absolute atomic E-state index is 0.0198. The lowest BCUT2D eigenvalue weighted by molar-refractivity contribution is -0.133. The summed E-state index contributed by atoms with van der Waals surface area (Å²) in [6.45, 7) is 7.65. The molecule has 150 valence electrons. The van der Waals surface area contributed by atoms with Gasteiger partial charge in [-0.15, -0.1) is 0 Å². The average Bonchev–Trinajstić information content (AvgIpc) is 2.62. The average molecular weight is 383 g/mol. The fourth-order valence-electron chi connectivity index (χ4n) is 2.89. The Labute approximate surface area is 167 Å². The number of nitrogens with one attached hydrogen (secondary N) is 1. The van der Waals surface area contributed by atoms with Crippen molar-refractivity contribution in [3.8, 4) is 0 Å². The molecule has 0 unspecified atom stereocenters. The monoisotopic (exact) mass is 382 g/mol. The van der Waals surface area contributed by atoms with E-state index in [0.717, 1.165) is 17.5 Å². The van der Waals surface area contributed by atoms with E-state index in [1.54, 1.807) is 18.1 Å². The number of benzene rings is 1. The van der Waals surface area contributed by atoms with Crippen LogP contribution in [0.25, 0.3) is 0 Å². The van der Waals surface area contributed by atoms with Gasteiger partial charge in [-0.3, -0.25) is 14.5 Å². The molecule has 0 aliphatic heterocycles. The lowest BCUT2D eigenvalue weighted by Crippen LogP contribution is -2.41. The van der Waals surface area contributed by atoms with E-state index < -0.39 is 0 Å². The molecule has 0 aliphatic carbocycles. The first-order valence-electron chi connectivity index (χ1n) is 9.61. The molecule has 0 saturated carbocycles. The molecule has 1 aromatic heterocycles. The number of carbonyl (C=O) groups excluding carboxylic acids is 2. The van der Waals surface area contributed by atoms with Gasteiger partial charge in [0.25, 0.3) is 0 Å². The van der Waals surface area contributed by atoms with Crippen LogP contribution in [0.1, 0.15) is 30.0 Å². The summed E-state index contributed by atoms with van der Waals surface area (Å²) in [5, 5.41) is 2.77. The van der Waals surface area contributed by atoms with E-state index in [2.05, 4.69) is 41.5 Å². The van der Waals surface area contributed by atoms with Crippen LogP contribution in [0.4, 0.5) is 5.82 Å². The van der Waals surface area contributed by atoms with Gasteiger partial charge in [0.15, 0.2) is 0 Å². The highest BCUT2D eigenvalue weighted by atomic mass is 16.2. The third-order valence-electron chi connectivity index (χ3n) is 4.34. The minimum Gasteiger partial charge on any atom is -0.337 e. The van der Waals surface area contributed by atoms with Crippen LogP contribution in [-0.4, -0.2) is 53.3 Å². The van der Waals surface area contributed by atoms with E-state index in [4.69, 9.17) is 0 Å². The summed E-state index contributed by atoms with van der Waals surface area (Å²) in [6.07, 6.45) is 2.55. The van der Waals surface area contributed by atoms with Crippen LogP contribution in [-0.2, 0) is 16.1 Å². The van der Waals surface area contributed by atoms with Gasteiger partial charge in [-0.05, 0) is 50.6 Å². The van der Waals surface area contributed by atoms with Gasteiger partial charge in [-0.25, -0.2) is 4.98 Å². The highest BCUT2D eigenvalue weighted by Gasteiger charge is 2.17. The summed E-state index contributed by atoms with van der Waals surface area (Å²) in [6, 6.07) is 11.9. The van der Waals surface area contributed by atoms with Crippen molar-refractivity contribution in [3.63, 3.8) is 0 Å².